The highest BCUT2D eigenvalue weighted by atomic mass is 31.3. The lowest BCUT2D eigenvalue weighted by Gasteiger charge is -2.44. The molecule has 0 spiro atoms. The normalized spacial score (nSPS) is 17.0. The zero-order valence-corrected chi connectivity index (χ0v) is 29.6. The smallest absolute Gasteiger partial charge is 0.438 e. The summed E-state index contributed by atoms with van der Waals surface area (Å²) in [6, 6.07) is 48.8. The molecule has 0 amide bonds. The Hall–Kier alpha value is -5.47. The molecule has 15 heteroatoms. The maximum Gasteiger partial charge on any atom is 0.447 e. The van der Waals surface area contributed by atoms with Crippen LogP contribution in [0.5, 0.6) is 34.5 Å². The summed E-state index contributed by atoms with van der Waals surface area (Å²) in [5, 5.41) is 0. The van der Waals surface area contributed by atoms with Crippen LogP contribution >= 0.6 is 24.6 Å². The minimum absolute atomic E-state index is 0.289. The predicted molar refractivity (Wildman–Crippen MR) is 203 cm³/mol. The number of nitrogens with zero attached hydrogens (tertiary/aromatic N) is 3. The van der Waals surface area contributed by atoms with E-state index in [1.807, 2.05) is 84.9 Å². The molecule has 0 fully saturated rings. The molecule has 51 heavy (non-hydrogen) atoms. The van der Waals surface area contributed by atoms with Crippen LogP contribution in [0.3, 0.4) is 0 Å². The Morgan fingerprint density at radius 1 is 0.451 bits per heavy atom. The Morgan fingerprint density at radius 2 is 0.863 bits per heavy atom. The average Bonchev–Trinajstić information content (AvgIpc) is 3.15. The number of benzene rings is 6. The molecule has 0 aromatic heterocycles. The van der Waals surface area contributed by atoms with Gasteiger partial charge in [0.1, 0.15) is 23.0 Å². The lowest BCUT2D eigenvalue weighted by molar-refractivity contribution is 0.0556. The average molecular weight is 739 g/mol. The van der Waals surface area contributed by atoms with Gasteiger partial charge in [0.15, 0.2) is 11.5 Å². The first-order valence-corrected chi connectivity index (χ1v) is 19.5. The lowest BCUT2D eigenvalue weighted by atomic mass is 10.3. The molecule has 2 atom stereocenters. The van der Waals surface area contributed by atoms with Gasteiger partial charge in [-0.25, -0.2) is 0 Å². The molecule has 0 radical (unpaired) electrons. The molecule has 6 N–H and O–H groups in total. The van der Waals surface area contributed by atoms with Crippen LogP contribution < -0.4 is 45.0 Å². The second-order valence-corrected chi connectivity index (χ2v) is 16.2. The number of nitrogen functional groups attached to an aromatic ring is 3. The quantitative estimate of drug-likeness (QED) is 0.0812. The Kier molecular flexibility index (Phi) is 10.4. The fourth-order valence-corrected chi connectivity index (χ4v) is 12.1. The van der Waals surface area contributed by atoms with Gasteiger partial charge in [-0.2, -0.15) is 0 Å². The van der Waals surface area contributed by atoms with E-state index in [9.17, 15) is 0 Å². The molecule has 6 aromatic carbocycles. The predicted octanol–water partition coefficient (Wildman–Crippen LogP) is 10.1. The standard InChI is InChI=1S/C36H33N6O6P3/c37-31-22-10-13-25-34(31)43-41-49(45-28-16-4-1-5-17-28)40-51(47-29-18-6-2-7-19-29,48-30-20-8-3-9-21-30)42(44-35-26-14-11-23-32(35)38)50(41)46-36-27-15-12-24-33(36)39/h1-27H,37-39H2. The van der Waals surface area contributed by atoms with Gasteiger partial charge in [0.2, 0.25) is 0 Å². The minimum atomic E-state index is -3.89. The molecule has 1 aliphatic heterocycles. The van der Waals surface area contributed by atoms with E-state index in [1.165, 1.54) is 9.21 Å². The number of rotatable bonds is 12. The molecule has 258 valence electrons. The van der Waals surface area contributed by atoms with E-state index >= 15 is 0 Å². The second-order valence-electron chi connectivity index (χ2n) is 10.7. The zero-order chi connectivity index (χ0) is 35.0. The molecule has 1 heterocycles. The molecule has 2 unspecified atom stereocenters. The van der Waals surface area contributed by atoms with Crippen LogP contribution in [-0.2, 0) is 0 Å². The lowest BCUT2D eigenvalue weighted by Crippen LogP contribution is -2.37. The van der Waals surface area contributed by atoms with Gasteiger partial charge in [-0.15, -0.1) is 4.52 Å². The summed E-state index contributed by atoms with van der Waals surface area (Å²) in [6.07, 6.45) is 0. The Bertz CT molecular complexity index is 2070. The van der Waals surface area contributed by atoms with E-state index in [1.54, 1.807) is 78.9 Å². The largest absolute Gasteiger partial charge is 0.447 e. The molecule has 7 rings (SSSR count). The second kappa shape index (κ2) is 15.6. The third-order valence-corrected chi connectivity index (χ3v) is 13.8. The number of hydrogen-bond donors (Lipinski definition) is 3. The third-order valence-electron chi connectivity index (χ3n) is 7.01. The van der Waals surface area contributed by atoms with Crippen LogP contribution in [0.1, 0.15) is 0 Å². The summed E-state index contributed by atoms with van der Waals surface area (Å²) in [5.41, 5.74) is 20.5. The van der Waals surface area contributed by atoms with E-state index in [2.05, 4.69) is 0 Å². The fraction of sp³-hybridized carbons (Fsp3) is 0. The third kappa shape index (κ3) is 7.97. The van der Waals surface area contributed by atoms with Gasteiger partial charge in [-0.05, 0) is 72.8 Å². The van der Waals surface area contributed by atoms with Gasteiger partial charge >= 0.3 is 24.6 Å². The summed E-state index contributed by atoms with van der Waals surface area (Å²) in [6.45, 7) is 0. The molecule has 0 aliphatic carbocycles. The molecule has 6 aromatic rings. The summed E-state index contributed by atoms with van der Waals surface area (Å²) in [7, 11) is -8.42. The molecule has 0 saturated heterocycles. The fourth-order valence-electron chi connectivity index (χ4n) is 4.56. The summed E-state index contributed by atoms with van der Waals surface area (Å²) in [5.74, 6) is 2.36. The first-order chi connectivity index (χ1) is 25.0. The van der Waals surface area contributed by atoms with Crippen molar-refractivity contribution in [1.29, 1.82) is 0 Å². The van der Waals surface area contributed by atoms with Crippen LogP contribution in [0.15, 0.2) is 168 Å². The monoisotopic (exact) mass is 738 g/mol. The van der Waals surface area contributed by atoms with Gasteiger partial charge in [0.25, 0.3) is 0 Å². The molecular weight excluding hydrogens is 705 g/mol. The van der Waals surface area contributed by atoms with E-state index in [0.717, 1.165) is 0 Å². The van der Waals surface area contributed by atoms with Crippen LogP contribution in [0.25, 0.3) is 0 Å². The van der Waals surface area contributed by atoms with Crippen molar-refractivity contribution in [3.63, 3.8) is 0 Å². The van der Waals surface area contributed by atoms with Crippen molar-refractivity contribution in [1.82, 2.24) is 9.21 Å². The molecule has 0 saturated carbocycles. The van der Waals surface area contributed by atoms with E-state index in [4.69, 9.17) is 49.5 Å². The summed E-state index contributed by atoms with van der Waals surface area (Å²) < 4.78 is 35.4. The highest BCUT2D eigenvalue weighted by molar-refractivity contribution is 7.78. The molecule has 0 bridgehead atoms. The van der Waals surface area contributed by atoms with Crippen molar-refractivity contribution in [3.8, 4) is 34.5 Å². The van der Waals surface area contributed by atoms with E-state index in [-0.39, 0.29) is 5.75 Å². The van der Waals surface area contributed by atoms with Crippen molar-refractivity contribution >= 4 is 41.6 Å². The van der Waals surface area contributed by atoms with E-state index < -0.39 is 24.6 Å². The molecule has 1 aliphatic rings. The van der Waals surface area contributed by atoms with Crippen LogP contribution in [0.2, 0.25) is 0 Å². The maximum absolute atomic E-state index is 6.88. The van der Waals surface area contributed by atoms with Crippen molar-refractivity contribution in [3.05, 3.63) is 164 Å². The maximum atomic E-state index is 6.88. The van der Waals surface area contributed by atoms with Gasteiger partial charge in [-0.1, -0.05) is 91.0 Å². The van der Waals surface area contributed by atoms with Crippen molar-refractivity contribution < 1.29 is 27.8 Å². The molecule has 12 nitrogen and oxygen atoms in total. The van der Waals surface area contributed by atoms with Gasteiger partial charge in [0.05, 0.1) is 17.1 Å². The summed E-state index contributed by atoms with van der Waals surface area (Å²) >= 11 is 0. The molecular formula is C36H33N6O6P3. The number of nitrogens with two attached hydrogens (primary N) is 3. The first kappa shape index (κ1) is 34.0. The Morgan fingerprint density at radius 3 is 1.35 bits per heavy atom. The Balaban J connectivity index is 1.50. The number of anilines is 3. The SMILES string of the molecule is Nc1ccccc1ON1P(Oc2ccccc2)N=P(Oc2ccccc2)(Oc2ccccc2)N(Oc2ccccc2N)P1Oc1ccccc1N. The highest BCUT2D eigenvalue weighted by Crippen LogP contribution is 2.78. The van der Waals surface area contributed by atoms with E-state index in [0.29, 0.717) is 45.8 Å². The highest BCUT2D eigenvalue weighted by Gasteiger charge is 2.58. The van der Waals surface area contributed by atoms with Crippen molar-refractivity contribution in [2.45, 2.75) is 0 Å². The van der Waals surface area contributed by atoms with Crippen LogP contribution in [0.4, 0.5) is 17.1 Å². The summed E-state index contributed by atoms with van der Waals surface area (Å²) in [4.78, 5) is 13.4. The van der Waals surface area contributed by atoms with Crippen molar-refractivity contribution in [2.24, 2.45) is 4.52 Å². The van der Waals surface area contributed by atoms with Crippen LogP contribution in [0, 0.1) is 0 Å². The number of para-hydroxylation sites is 9. The minimum Gasteiger partial charge on any atom is -0.438 e. The van der Waals surface area contributed by atoms with Gasteiger partial charge in [-0.3, -0.25) is 0 Å². The topological polar surface area (TPSA) is 152 Å². The zero-order valence-electron chi connectivity index (χ0n) is 27.0. The van der Waals surface area contributed by atoms with Gasteiger partial charge < -0.3 is 45.0 Å². The Labute approximate surface area is 297 Å². The number of hydrogen-bond acceptors (Lipinski definition) is 12. The van der Waals surface area contributed by atoms with Gasteiger partial charge in [0, 0.05) is 9.21 Å². The van der Waals surface area contributed by atoms with Crippen molar-refractivity contribution in [2.75, 3.05) is 17.2 Å². The first-order valence-electron chi connectivity index (χ1n) is 15.6. The van der Waals surface area contributed by atoms with Crippen LogP contribution in [-0.4, -0.2) is 9.21 Å².